The van der Waals surface area contributed by atoms with Crippen LogP contribution in [0.15, 0.2) is 11.4 Å². The van der Waals surface area contributed by atoms with E-state index in [0.717, 1.165) is 11.3 Å². The zero-order valence-corrected chi connectivity index (χ0v) is 8.79. The second-order valence-electron chi connectivity index (χ2n) is 2.71. The number of aliphatic carboxylic acids is 1. The van der Waals surface area contributed by atoms with Gasteiger partial charge >= 0.3 is 13.6 Å². The zero-order valence-electron chi connectivity index (χ0n) is 7.08. The molecule has 0 aromatic carbocycles. The van der Waals surface area contributed by atoms with Crippen molar-refractivity contribution in [1.29, 1.82) is 0 Å². The van der Waals surface area contributed by atoms with Crippen LogP contribution in [0.2, 0.25) is 0 Å². The molecule has 0 amide bonds. The highest BCUT2D eigenvalue weighted by Gasteiger charge is 2.18. The Morgan fingerprint density at radius 1 is 1.50 bits per heavy atom. The van der Waals surface area contributed by atoms with E-state index in [-0.39, 0.29) is 11.7 Å². The van der Waals surface area contributed by atoms with Crippen molar-refractivity contribution in [3.63, 3.8) is 0 Å². The molecule has 0 aliphatic carbocycles. The second-order valence-corrected chi connectivity index (χ2v) is 5.31. The number of carboxylic acid groups (broad SMARTS) is 1. The Bertz CT molecular complexity index is 379. The molecular weight excluding hydrogens is 227 g/mol. The molecule has 7 heteroatoms. The summed E-state index contributed by atoms with van der Waals surface area (Å²) in [7, 11) is -4.18. The van der Waals surface area contributed by atoms with Gasteiger partial charge in [0.25, 0.3) is 0 Å². The number of hydrogen-bond acceptors (Lipinski definition) is 3. The first-order valence-corrected chi connectivity index (χ1v) is 6.24. The van der Waals surface area contributed by atoms with Crippen molar-refractivity contribution in [2.45, 2.75) is 12.8 Å². The summed E-state index contributed by atoms with van der Waals surface area (Å²) in [6.07, 6.45) is 0.279. The highest BCUT2D eigenvalue weighted by Crippen LogP contribution is 2.35. The Labute approximate surface area is 84.2 Å². The molecule has 0 spiro atoms. The molecule has 0 saturated heterocycles. The Morgan fingerprint density at radius 3 is 2.57 bits per heavy atom. The number of carbonyl (C=O) groups is 1. The average Bonchev–Trinajstić information content (AvgIpc) is 2.47. The van der Waals surface area contributed by atoms with Crippen LogP contribution in [0.25, 0.3) is 0 Å². The average molecular weight is 236 g/mol. The molecule has 5 nitrogen and oxygen atoms in total. The maximum Gasteiger partial charge on any atom is 0.357 e. The van der Waals surface area contributed by atoms with Gasteiger partial charge < -0.3 is 14.9 Å². The summed E-state index contributed by atoms with van der Waals surface area (Å²) in [5, 5.41) is 9.71. The van der Waals surface area contributed by atoms with E-state index < -0.39 is 13.6 Å². The van der Waals surface area contributed by atoms with Gasteiger partial charge in [-0.25, -0.2) is 0 Å². The predicted molar refractivity (Wildman–Crippen MR) is 52.0 cm³/mol. The van der Waals surface area contributed by atoms with Crippen molar-refractivity contribution >= 4 is 30.2 Å². The van der Waals surface area contributed by atoms with E-state index in [2.05, 4.69) is 0 Å². The molecule has 0 aliphatic rings. The molecule has 0 atom stereocenters. The fourth-order valence-electron chi connectivity index (χ4n) is 0.883. The van der Waals surface area contributed by atoms with Crippen molar-refractivity contribution in [3.05, 3.63) is 16.3 Å². The molecular formula is C7H9O5PS. The van der Waals surface area contributed by atoms with Crippen LogP contribution >= 0.6 is 18.9 Å². The SMILES string of the molecule is O=C(O)CCc1cc(P(=O)(O)O)cs1. The first kappa shape index (κ1) is 11.4. The van der Waals surface area contributed by atoms with Crippen molar-refractivity contribution in [2.24, 2.45) is 0 Å². The smallest absolute Gasteiger partial charge is 0.357 e. The normalized spacial score (nSPS) is 11.6. The Balaban J connectivity index is 2.69. The first-order chi connectivity index (χ1) is 6.39. The van der Waals surface area contributed by atoms with E-state index in [1.807, 2.05) is 0 Å². The maximum absolute atomic E-state index is 10.8. The second kappa shape index (κ2) is 4.23. The number of carboxylic acids is 1. The Kier molecular flexibility index (Phi) is 3.44. The van der Waals surface area contributed by atoms with Gasteiger partial charge in [-0.3, -0.25) is 9.36 Å². The minimum Gasteiger partial charge on any atom is -0.481 e. The number of aryl methyl sites for hydroxylation is 1. The van der Waals surface area contributed by atoms with Crippen LogP contribution in [-0.4, -0.2) is 20.9 Å². The van der Waals surface area contributed by atoms with Gasteiger partial charge in [0, 0.05) is 10.3 Å². The molecule has 0 fully saturated rings. The molecule has 1 heterocycles. The van der Waals surface area contributed by atoms with Crippen LogP contribution in [0.4, 0.5) is 0 Å². The van der Waals surface area contributed by atoms with Gasteiger partial charge in [0.05, 0.1) is 11.7 Å². The maximum atomic E-state index is 10.8. The van der Waals surface area contributed by atoms with Gasteiger partial charge in [0.15, 0.2) is 0 Å². The van der Waals surface area contributed by atoms with Gasteiger partial charge in [0.2, 0.25) is 0 Å². The molecule has 1 rings (SSSR count). The quantitative estimate of drug-likeness (QED) is 0.664. The summed E-state index contributed by atoms with van der Waals surface area (Å²) in [5.41, 5.74) is 0. The Hall–Kier alpha value is -0.680. The summed E-state index contributed by atoms with van der Waals surface area (Å²) in [6.45, 7) is 0. The van der Waals surface area contributed by atoms with Crippen molar-refractivity contribution in [3.8, 4) is 0 Å². The van der Waals surface area contributed by atoms with E-state index in [0.29, 0.717) is 11.3 Å². The largest absolute Gasteiger partial charge is 0.481 e. The molecule has 0 aliphatic heterocycles. The van der Waals surface area contributed by atoms with Crippen LogP contribution in [0, 0.1) is 0 Å². The summed E-state index contributed by atoms with van der Waals surface area (Å²) >= 11 is 1.16. The molecule has 3 N–H and O–H groups in total. The van der Waals surface area contributed by atoms with E-state index in [1.54, 1.807) is 0 Å². The third-order valence-electron chi connectivity index (χ3n) is 1.56. The number of rotatable bonds is 4. The predicted octanol–water partition coefficient (Wildman–Crippen LogP) is 0.568. The standard InChI is InChI=1S/C7H9O5PS/c8-7(9)2-1-6-3-5(4-14-6)13(10,11)12/h3-4H,1-2H2,(H,8,9)(H2,10,11,12). The highest BCUT2D eigenvalue weighted by atomic mass is 32.1. The fourth-order valence-corrected chi connectivity index (χ4v) is 2.76. The van der Waals surface area contributed by atoms with Crippen LogP contribution in [0.3, 0.4) is 0 Å². The topological polar surface area (TPSA) is 94.8 Å². The van der Waals surface area contributed by atoms with E-state index in [9.17, 15) is 9.36 Å². The van der Waals surface area contributed by atoms with Crippen LogP contribution in [-0.2, 0) is 15.8 Å². The third-order valence-corrected chi connectivity index (χ3v) is 3.66. The van der Waals surface area contributed by atoms with Gasteiger partial charge in [-0.1, -0.05) is 0 Å². The van der Waals surface area contributed by atoms with E-state index >= 15 is 0 Å². The monoisotopic (exact) mass is 236 g/mol. The van der Waals surface area contributed by atoms with Crippen LogP contribution in [0.1, 0.15) is 11.3 Å². The molecule has 0 saturated carbocycles. The lowest BCUT2D eigenvalue weighted by Gasteiger charge is -1.97. The summed E-state index contributed by atoms with van der Waals surface area (Å²) in [5.74, 6) is -0.920. The molecule has 0 unspecified atom stereocenters. The lowest BCUT2D eigenvalue weighted by Crippen LogP contribution is -2.00. The van der Waals surface area contributed by atoms with Crippen molar-refractivity contribution in [1.82, 2.24) is 0 Å². The van der Waals surface area contributed by atoms with Gasteiger partial charge in [-0.05, 0) is 12.5 Å². The van der Waals surface area contributed by atoms with Gasteiger partial charge in [-0.2, -0.15) is 0 Å². The molecule has 78 valence electrons. The molecule has 1 aromatic heterocycles. The summed E-state index contributed by atoms with van der Waals surface area (Å²) in [4.78, 5) is 28.5. The summed E-state index contributed by atoms with van der Waals surface area (Å²) in [6, 6.07) is 1.36. The fraction of sp³-hybridized carbons (Fsp3) is 0.286. The zero-order chi connectivity index (χ0) is 10.8. The number of hydrogen-bond donors (Lipinski definition) is 3. The van der Waals surface area contributed by atoms with Gasteiger partial charge in [0.1, 0.15) is 0 Å². The molecule has 1 aromatic rings. The minimum absolute atomic E-state index is 0.0267. The van der Waals surface area contributed by atoms with E-state index in [1.165, 1.54) is 11.4 Å². The van der Waals surface area contributed by atoms with E-state index in [4.69, 9.17) is 14.9 Å². The van der Waals surface area contributed by atoms with Crippen molar-refractivity contribution in [2.75, 3.05) is 0 Å². The lowest BCUT2D eigenvalue weighted by atomic mass is 10.3. The molecule has 0 bridgehead atoms. The number of thiophene rings is 1. The molecule has 0 radical (unpaired) electrons. The van der Waals surface area contributed by atoms with Crippen LogP contribution < -0.4 is 5.30 Å². The minimum atomic E-state index is -4.18. The summed E-state index contributed by atoms with van der Waals surface area (Å²) < 4.78 is 10.8. The first-order valence-electron chi connectivity index (χ1n) is 3.75. The molecule has 14 heavy (non-hydrogen) atoms. The Morgan fingerprint density at radius 2 is 2.14 bits per heavy atom. The lowest BCUT2D eigenvalue weighted by molar-refractivity contribution is -0.136. The highest BCUT2D eigenvalue weighted by molar-refractivity contribution is 7.60. The van der Waals surface area contributed by atoms with Gasteiger partial charge in [-0.15, -0.1) is 11.3 Å². The van der Waals surface area contributed by atoms with Crippen molar-refractivity contribution < 1.29 is 24.3 Å². The third kappa shape index (κ3) is 3.23. The van der Waals surface area contributed by atoms with Crippen LogP contribution in [0.5, 0.6) is 0 Å².